The number of carbonyl (C=O) groups excluding carboxylic acids is 2. The molecule has 1 aliphatic carbocycles. The highest BCUT2D eigenvalue weighted by atomic mass is 16.5. The summed E-state index contributed by atoms with van der Waals surface area (Å²) in [6.45, 7) is 1.40. The first-order valence-corrected chi connectivity index (χ1v) is 7.80. The van der Waals surface area contributed by atoms with Crippen LogP contribution in [0.3, 0.4) is 0 Å². The van der Waals surface area contributed by atoms with E-state index in [1.54, 1.807) is 31.2 Å². The molecule has 1 fully saturated rings. The van der Waals surface area contributed by atoms with Crippen molar-refractivity contribution in [3.63, 3.8) is 0 Å². The number of likely N-dealkylation sites (N-methyl/N-ethyl adjacent to an activating group) is 1. The number of methoxy groups -OCH3 is 1. The maximum atomic E-state index is 11.9. The molecular formula is C17H24N2O4. The summed E-state index contributed by atoms with van der Waals surface area (Å²) in [5, 5.41) is 2.95. The van der Waals surface area contributed by atoms with Gasteiger partial charge in [0, 0.05) is 32.3 Å². The normalized spacial score (nSPS) is 13.7. The number of amides is 2. The number of ether oxygens (including phenoxy) is 2. The molecule has 0 bridgehead atoms. The van der Waals surface area contributed by atoms with Gasteiger partial charge in [0.25, 0.3) is 5.91 Å². The highest BCUT2D eigenvalue weighted by Gasteiger charge is 2.23. The van der Waals surface area contributed by atoms with Crippen LogP contribution in [0.15, 0.2) is 24.3 Å². The summed E-state index contributed by atoms with van der Waals surface area (Å²) in [5.74, 6) is -0.119. The first kappa shape index (κ1) is 17.4. The second-order valence-corrected chi connectivity index (χ2v) is 5.74. The van der Waals surface area contributed by atoms with Crippen molar-refractivity contribution < 1.29 is 19.1 Å². The molecule has 1 saturated carbocycles. The Morgan fingerprint density at radius 3 is 2.52 bits per heavy atom. The standard InChI is InChI=1S/C17H24N2O4/c1-19(16(20)12-23-10-9-22-2)11-13-3-5-14(6-4-13)17(21)18-15-7-8-15/h3-6,15H,7-12H2,1-2H3,(H,18,21). The molecule has 126 valence electrons. The van der Waals surface area contributed by atoms with E-state index in [2.05, 4.69) is 5.32 Å². The lowest BCUT2D eigenvalue weighted by Gasteiger charge is -2.17. The predicted octanol–water partition coefficient (Wildman–Crippen LogP) is 1.20. The number of nitrogens with one attached hydrogen (secondary N) is 1. The van der Waals surface area contributed by atoms with Gasteiger partial charge >= 0.3 is 0 Å². The third-order valence-electron chi connectivity index (χ3n) is 3.63. The Bertz CT molecular complexity index is 526. The molecule has 2 rings (SSSR count). The van der Waals surface area contributed by atoms with Gasteiger partial charge in [-0.2, -0.15) is 0 Å². The van der Waals surface area contributed by atoms with Crippen LogP contribution in [0.25, 0.3) is 0 Å². The van der Waals surface area contributed by atoms with Crippen LogP contribution < -0.4 is 5.32 Å². The molecule has 0 saturated heterocycles. The summed E-state index contributed by atoms with van der Waals surface area (Å²) in [6.07, 6.45) is 2.15. The van der Waals surface area contributed by atoms with Crippen LogP contribution >= 0.6 is 0 Å². The van der Waals surface area contributed by atoms with Crippen molar-refractivity contribution in [1.29, 1.82) is 0 Å². The Kier molecular flexibility index (Phi) is 6.55. The monoisotopic (exact) mass is 320 g/mol. The van der Waals surface area contributed by atoms with E-state index >= 15 is 0 Å². The zero-order valence-electron chi connectivity index (χ0n) is 13.7. The molecule has 0 heterocycles. The number of nitrogens with zero attached hydrogens (tertiary/aromatic N) is 1. The Morgan fingerprint density at radius 2 is 1.91 bits per heavy atom. The molecule has 1 aromatic rings. The molecule has 1 aliphatic rings. The van der Waals surface area contributed by atoms with E-state index in [4.69, 9.17) is 9.47 Å². The maximum Gasteiger partial charge on any atom is 0.251 e. The van der Waals surface area contributed by atoms with Crippen molar-refractivity contribution in [2.45, 2.75) is 25.4 Å². The molecule has 0 spiro atoms. The average Bonchev–Trinajstić information content (AvgIpc) is 3.36. The quantitative estimate of drug-likeness (QED) is 0.694. The van der Waals surface area contributed by atoms with Crippen LogP contribution in [0.1, 0.15) is 28.8 Å². The second kappa shape index (κ2) is 8.64. The van der Waals surface area contributed by atoms with E-state index in [0.717, 1.165) is 18.4 Å². The molecule has 23 heavy (non-hydrogen) atoms. The molecule has 6 nitrogen and oxygen atoms in total. The first-order chi connectivity index (χ1) is 11.1. The predicted molar refractivity (Wildman–Crippen MR) is 86.1 cm³/mol. The Morgan fingerprint density at radius 1 is 1.22 bits per heavy atom. The average molecular weight is 320 g/mol. The van der Waals surface area contributed by atoms with Crippen LogP contribution in [0, 0.1) is 0 Å². The molecule has 1 aromatic carbocycles. The topological polar surface area (TPSA) is 67.9 Å². The molecule has 2 amide bonds. The van der Waals surface area contributed by atoms with Crippen LogP contribution in [0.2, 0.25) is 0 Å². The van der Waals surface area contributed by atoms with E-state index < -0.39 is 0 Å². The van der Waals surface area contributed by atoms with E-state index in [1.807, 2.05) is 12.1 Å². The van der Waals surface area contributed by atoms with Crippen molar-refractivity contribution in [1.82, 2.24) is 10.2 Å². The van der Waals surface area contributed by atoms with Crippen molar-refractivity contribution >= 4 is 11.8 Å². The van der Waals surface area contributed by atoms with Gasteiger partial charge in [-0.15, -0.1) is 0 Å². The van der Waals surface area contributed by atoms with Gasteiger partial charge in [0.1, 0.15) is 6.61 Å². The molecule has 0 unspecified atom stereocenters. The van der Waals surface area contributed by atoms with Gasteiger partial charge in [-0.05, 0) is 30.5 Å². The zero-order valence-corrected chi connectivity index (χ0v) is 13.7. The van der Waals surface area contributed by atoms with Gasteiger partial charge < -0.3 is 19.7 Å². The number of hydrogen-bond acceptors (Lipinski definition) is 4. The third kappa shape index (κ3) is 6.00. The zero-order chi connectivity index (χ0) is 16.7. The number of benzene rings is 1. The molecule has 0 aliphatic heterocycles. The van der Waals surface area contributed by atoms with E-state index in [-0.39, 0.29) is 18.4 Å². The fourth-order valence-electron chi connectivity index (χ4n) is 2.03. The highest BCUT2D eigenvalue weighted by Crippen LogP contribution is 2.19. The summed E-state index contributed by atoms with van der Waals surface area (Å²) >= 11 is 0. The Hall–Kier alpha value is -1.92. The molecular weight excluding hydrogens is 296 g/mol. The third-order valence-corrected chi connectivity index (χ3v) is 3.63. The fourth-order valence-corrected chi connectivity index (χ4v) is 2.03. The molecule has 0 radical (unpaired) electrons. The minimum absolute atomic E-state index is 0.0324. The van der Waals surface area contributed by atoms with E-state index in [1.165, 1.54) is 0 Å². The van der Waals surface area contributed by atoms with E-state index in [9.17, 15) is 9.59 Å². The van der Waals surface area contributed by atoms with Crippen LogP contribution in [-0.2, 0) is 20.8 Å². The molecule has 1 N–H and O–H groups in total. The fraction of sp³-hybridized carbons (Fsp3) is 0.529. The van der Waals surface area contributed by atoms with Crippen LogP contribution in [0.5, 0.6) is 0 Å². The summed E-state index contributed by atoms with van der Waals surface area (Å²) in [4.78, 5) is 25.4. The van der Waals surface area contributed by atoms with Gasteiger partial charge in [0.05, 0.1) is 13.2 Å². The largest absolute Gasteiger partial charge is 0.382 e. The lowest BCUT2D eigenvalue weighted by molar-refractivity contribution is -0.135. The highest BCUT2D eigenvalue weighted by molar-refractivity contribution is 5.94. The first-order valence-electron chi connectivity index (χ1n) is 7.80. The number of hydrogen-bond donors (Lipinski definition) is 1. The van der Waals surface area contributed by atoms with Crippen LogP contribution in [0.4, 0.5) is 0 Å². The maximum absolute atomic E-state index is 11.9. The van der Waals surface area contributed by atoms with Gasteiger partial charge in [0.15, 0.2) is 0 Å². The lowest BCUT2D eigenvalue weighted by Crippen LogP contribution is -2.30. The number of rotatable bonds is 9. The minimum Gasteiger partial charge on any atom is -0.382 e. The summed E-state index contributed by atoms with van der Waals surface area (Å²) < 4.78 is 10.1. The van der Waals surface area contributed by atoms with Crippen molar-refractivity contribution in [2.24, 2.45) is 0 Å². The summed E-state index contributed by atoms with van der Waals surface area (Å²) in [7, 11) is 3.32. The van der Waals surface area contributed by atoms with Gasteiger partial charge in [-0.3, -0.25) is 9.59 Å². The SMILES string of the molecule is COCCOCC(=O)N(C)Cc1ccc(C(=O)NC2CC2)cc1. The molecule has 6 heteroatoms. The van der Waals surface area contributed by atoms with Crippen molar-refractivity contribution in [2.75, 3.05) is 34.0 Å². The molecule has 0 aromatic heterocycles. The smallest absolute Gasteiger partial charge is 0.251 e. The van der Waals surface area contributed by atoms with Gasteiger partial charge in [-0.1, -0.05) is 12.1 Å². The van der Waals surface area contributed by atoms with Crippen molar-refractivity contribution in [3.8, 4) is 0 Å². The minimum atomic E-state index is -0.0864. The number of carbonyl (C=O) groups is 2. The second-order valence-electron chi connectivity index (χ2n) is 5.74. The summed E-state index contributed by atoms with van der Waals surface area (Å²) in [5.41, 5.74) is 1.62. The lowest BCUT2D eigenvalue weighted by atomic mass is 10.1. The van der Waals surface area contributed by atoms with Crippen LogP contribution in [-0.4, -0.2) is 56.7 Å². The van der Waals surface area contributed by atoms with Crippen molar-refractivity contribution in [3.05, 3.63) is 35.4 Å². The van der Waals surface area contributed by atoms with Gasteiger partial charge in [-0.25, -0.2) is 0 Å². The summed E-state index contributed by atoms with van der Waals surface area (Å²) in [6, 6.07) is 7.68. The Labute approximate surface area is 136 Å². The van der Waals surface area contributed by atoms with E-state index in [0.29, 0.717) is 31.4 Å². The Balaban J connectivity index is 1.77. The van der Waals surface area contributed by atoms with Gasteiger partial charge in [0.2, 0.25) is 5.91 Å². The molecule has 0 atom stereocenters.